The van der Waals surface area contributed by atoms with Crippen molar-refractivity contribution in [1.82, 2.24) is 15.0 Å². The van der Waals surface area contributed by atoms with Gasteiger partial charge < -0.3 is 5.32 Å². The Labute approximate surface area is 140 Å². The van der Waals surface area contributed by atoms with E-state index in [2.05, 4.69) is 58.1 Å². The highest BCUT2D eigenvalue weighted by molar-refractivity contribution is 5.78. The van der Waals surface area contributed by atoms with Crippen LogP contribution in [0.1, 0.15) is 11.1 Å². The van der Waals surface area contributed by atoms with Crippen molar-refractivity contribution in [3.63, 3.8) is 0 Å². The van der Waals surface area contributed by atoms with Gasteiger partial charge in [0, 0.05) is 17.8 Å². The molecule has 0 radical (unpaired) electrons. The second kappa shape index (κ2) is 6.54. The second-order valence-corrected chi connectivity index (χ2v) is 5.74. The molecule has 1 N–H and O–H groups in total. The summed E-state index contributed by atoms with van der Waals surface area (Å²) in [6.45, 7) is 1.46. The number of nitrogens with zero attached hydrogens (tertiary/aromatic N) is 3. The zero-order valence-electron chi connectivity index (χ0n) is 13.3. The van der Waals surface area contributed by atoms with Gasteiger partial charge in [-0.15, -0.1) is 5.10 Å². The number of nitrogens with one attached hydrogen (secondary N) is 1. The largest absolute Gasteiger partial charge is 0.381 e. The summed E-state index contributed by atoms with van der Waals surface area (Å²) in [6, 6.07) is 26.8. The van der Waals surface area contributed by atoms with Crippen LogP contribution in [0.5, 0.6) is 0 Å². The summed E-state index contributed by atoms with van der Waals surface area (Å²) < 4.78 is 1.96. The Morgan fingerprint density at radius 1 is 0.792 bits per heavy atom. The van der Waals surface area contributed by atoms with Crippen LogP contribution in [0.15, 0.2) is 78.9 Å². The molecule has 4 heteroatoms. The quantitative estimate of drug-likeness (QED) is 0.603. The first-order valence-electron chi connectivity index (χ1n) is 8.04. The van der Waals surface area contributed by atoms with E-state index in [1.165, 1.54) is 5.56 Å². The van der Waals surface area contributed by atoms with E-state index in [0.29, 0.717) is 0 Å². The first kappa shape index (κ1) is 14.5. The number of para-hydroxylation sites is 1. The van der Waals surface area contributed by atoms with Gasteiger partial charge in [0.05, 0.1) is 12.1 Å². The smallest absolute Gasteiger partial charge is 0.118 e. The molecule has 3 aromatic carbocycles. The van der Waals surface area contributed by atoms with Gasteiger partial charge in [0.25, 0.3) is 0 Å². The average molecular weight is 314 g/mol. The molecule has 0 atom stereocenters. The number of hydrogen-bond donors (Lipinski definition) is 1. The van der Waals surface area contributed by atoms with Crippen LogP contribution in [-0.4, -0.2) is 15.0 Å². The van der Waals surface area contributed by atoms with Crippen LogP contribution in [0, 0.1) is 0 Å². The number of fused-ring (bicyclic) bond motifs is 1. The molecule has 4 nitrogen and oxygen atoms in total. The van der Waals surface area contributed by atoms with Crippen molar-refractivity contribution in [2.24, 2.45) is 0 Å². The Morgan fingerprint density at radius 2 is 1.54 bits per heavy atom. The number of hydrogen-bond acceptors (Lipinski definition) is 3. The molecule has 0 spiro atoms. The fraction of sp³-hybridized carbons (Fsp3) is 0.100. The average Bonchev–Trinajstić information content (AvgIpc) is 3.05. The maximum atomic E-state index is 4.40. The minimum absolute atomic E-state index is 0.728. The van der Waals surface area contributed by atoms with Crippen molar-refractivity contribution >= 4 is 16.7 Å². The van der Waals surface area contributed by atoms with Gasteiger partial charge in [0.15, 0.2) is 0 Å². The van der Waals surface area contributed by atoms with E-state index in [4.69, 9.17) is 0 Å². The number of rotatable bonds is 5. The van der Waals surface area contributed by atoms with Gasteiger partial charge in [-0.2, -0.15) is 0 Å². The molecular weight excluding hydrogens is 296 g/mol. The van der Waals surface area contributed by atoms with Gasteiger partial charge in [-0.1, -0.05) is 65.9 Å². The standard InChI is InChI=1S/C20H18N4/c1-3-8-16(9-4-1)15-24-19-13-7-10-17(20(19)22-23-24)14-21-18-11-5-2-6-12-18/h1-13,21H,14-15H2. The summed E-state index contributed by atoms with van der Waals surface area (Å²) >= 11 is 0. The van der Waals surface area contributed by atoms with Gasteiger partial charge in [-0.3, -0.25) is 0 Å². The van der Waals surface area contributed by atoms with Crippen LogP contribution in [0.3, 0.4) is 0 Å². The van der Waals surface area contributed by atoms with E-state index < -0.39 is 0 Å². The van der Waals surface area contributed by atoms with Crippen LogP contribution < -0.4 is 5.32 Å². The second-order valence-electron chi connectivity index (χ2n) is 5.74. The summed E-state index contributed by atoms with van der Waals surface area (Å²) in [4.78, 5) is 0. The molecular formula is C20H18N4. The third-order valence-corrected chi connectivity index (χ3v) is 4.06. The van der Waals surface area contributed by atoms with Crippen molar-refractivity contribution in [1.29, 1.82) is 0 Å². The Hall–Kier alpha value is -3.14. The molecule has 1 aromatic heterocycles. The first-order valence-corrected chi connectivity index (χ1v) is 8.04. The van der Waals surface area contributed by atoms with Gasteiger partial charge in [0.2, 0.25) is 0 Å². The Balaban J connectivity index is 1.59. The van der Waals surface area contributed by atoms with Crippen LogP contribution in [0.25, 0.3) is 11.0 Å². The zero-order chi connectivity index (χ0) is 16.2. The van der Waals surface area contributed by atoms with Crippen molar-refractivity contribution in [2.75, 3.05) is 5.32 Å². The van der Waals surface area contributed by atoms with Crippen molar-refractivity contribution in [2.45, 2.75) is 13.1 Å². The van der Waals surface area contributed by atoms with Gasteiger partial charge in [-0.25, -0.2) is 4.68 Å². The summed E-state index contributed by atoms with van der Waals surface area (Å²) in [5.41, 5.74) is 5.49. The molecule has 24 heavy (non-hydrogen) atoms. The molecule has 1 heterocycles. The summed E-state index contributed by atoms with van der Waals surface area (Å²) in [5.74, 6) is 0. The monoisotopic (exact) mass is 314 g/mol. The molecule has 0 fully saturated rings. The Bertz CT molecular complexity index is 930. The van der Waals surface area contributed by atoms with Gasteiger partial charge in [-0.05, 0) is 23.8 Å². The molecule has 4 rings (SSSR count). The zero-order valence-corrected chi connectivity index (χ0v) is 13.3. The highest BCUT2D eigenvalue weighted by atomic mass is 15.4. The molecule has 4 aromatic rings. The van der Waals surface area contributed by atoms with E-state index in [1.807, 2.05) is 41.1 Å². The SMILES string of the molecule is c1ccc(Cn2nnc3c(CNc4ccccc4)cccc32)cc1. The third kappa shape index (κ3) is 2.99. The lowest BCUT2D eigenvalue weighted by atomic mass is 10.1. The van der Waals surface area contributed by atoms with Crippen LogP contribution in [0.4, 0.5) is 5.69 Å². The predicted molar refractivity (Wildman–Crippen MR) is 96.8 cm³/mol. The highest BCUT2D eigenvalue weighted by Crippen LogP contribution is 2.18. The lowest BCUT2D eigenvalue weighted by Crippen LogP contribution is -2.02. The molecule has 0 aliphatic carbocycles. The molecule has 0 aliphatic rings. The molecule has 0 saturated heterocycles. The minimum atomic E-state index is 0.728. The number of benzene rings is 3. The summed E-state index contributed by atoms with van der Waals surface area (Å²) in [6.07, 6.45) is 0. The van der Waals surface area contributed by atoms with E-state index in [9.17, 15) is 0 Å². The molecule has 0 aliphatic heterocycles. The lowest BCUT2D eigenvalue weighted by molar-refractivity contribution is 0.670. The number of aromatic nitrogens is 3. The van der Waals surface area contributed by atoms with Crippen molar-refractivity contribution in [3.8, 4) is 0 Å². The molecule has 0 saturated carbocycles. The molecule has 118 valence electrons. The Kier molecular flexibility index (Phi) is 3.94. The number of anilines is 1. The van der Waals surface area contributed by atoms with E-state index in [-0.39, 0.29) is 0 Å². The molecule has 0 bridgehead atoms. The highest BCUT2D eigenvalue weighted by Gasteiger charge is 2.09. The maximum absolute atomic E-state index is 4.40. The Morgan fingerprint density at radius 3 is 2.33 bits per heavy atom. The topological polar surface area (TPSA) is 42.7 Å². The van der Waals surface area contributed by atoms with Crippen LogP contribution >= 0.6 is 0 Å². The van der Waals surface area contributed by atoms with Crippen LogP contribution in [-0.2, 0) is 13.1 Å². The minimum Gasteiger partial charge on any atom is -0.381 e. The summed E-state index contributed by atoms with van der Waals surface area (Å²) in [7, 11) is 0. The van der Waals surface area contributed by atoms with E-state index in [0.717, 1.165) is 35.4 Å². The van der Waals surface area contributed by atoms with E-state index in [1.54, 1.807) is 0 Å². The third-order valence-electron chi connectivity index (χ3n) is 4.06. The van der Waals surface area contributed by atoms with Crippen LogP contribution in [0.2, 0.25) is 0 Å². The van der Waals surface area contributed by atoms with E-state index >= 15 is 0 Å². The van der Waals surface area contributed by atoms with Crippen molar-refractivity contribution in [3.05, 3.63) is 90.0 Å². The summed E-state index contributed by atoms with van der Waals surface area (Å²) in [5, 5.41) is 12.2. The normalized spacial score (nSPS) is 10.8. The lowest BCUT2D eigenvalue weighted by Gasteiger charge is -2.07. The fourth-order valence-corrected chi connectivity index (χ4v) is 2.82. The fourth-order valence-electron chi connectivity index (χ4n) is 2.82. The molecule has 0 unspecified atom stereocenters. The van der Waals surface area contributed by atoms with Gasteiger partial charge in [0.1, 0.15) is 5.52 Å². The van der Waals surface area contributed by atoms with Gasteiger partial charge >= 0.3 is 0 Å². The predicted octanol–water partition coefficient (Wildman–Crippen LogP) is 4.09. The maximum Gasteiger partial charge on any atom is 0.118 e. The van der Waals surface area contributed by atoms with Crippen molar-refractivity contribution < 1.29 is 0 Å². The first-order chi connectivity index (χ1) is 11.9. The molecule has 0 amide bonds.